The SMILES string of the molecule is CS(=O)(=O)CCC(C(=O)O)n1cc[nH]c1=O. The van der Waals surface area contributed by atoms with Gasteiger partial charge in [-0.05, 0) is 6.42 Å². The maximum atomic E-state index is 11.2. The second-order valence-electron chi connectivity index (χ2n) is 3.45. The van der Waals surface area contributed by atoms with Gasteiger partial charge in [0.25, 0.3) is 0 Å². The normalized spacial score (nSPS) is 13.6. The first-order valence-electron chi connectivity index (χ1n) is 4.47. The molecule has 1 rings (SSSR count). The Labute approximate surface area is 91.6 Å². The smallest absolute Gasteiger partial charge is 0.326 e. The van der Waals surface area contributed by atoms with Crippen LogP contribution in [0.25, 0.3) is 0 Å². The van der Waals surface area contributed by atoms with Gasteiger partial charge in [-0.15, -0.1) is 0 Å². The standard InChI is InChI=1S/C8H12N2O5S/c1-16(14,15)5-2-6(7(11)12)10-4-3-9-8(10)13/h3-4,6H,2,5H2,1H3,(H,9,13)(H,11,12). The molecule has 0 amide bonds. The predicted molar refractivity (Wildman–Crippen MR) is 56.1 cm³/mol. The third kappa shape index (κ3) is 3.23. The molecule has 2 N–H and O–H groups in total. The summed E-state index contributed by atoms with van der Waals surface area (Å²) >= 11 is 0. The molecule has 16 heavy (non-hydrogen) atoms. The van der Waals surface area contributed by atoms with Gasteiger partial charge in [0, 0.05) is 18.6 Å². The first-order valence-corrected chi connectivity index (χ1v) is 6.53. The summed E-state index contributed by atoms with van der Waals surface area (Å²) in [6.07, 6.45) is 3.47. The van der Waals surface area contributed by atoms with E-state index in [1.165, 1.54) is 12.4 Å². The number of nitrogens with zero attached hydrogens (tertiary/aromatic N) is 1. The van der Waals surface area contributed by atoms with Crippen LogP contribution in [-0.4, -0.2) is 41.1 Å². The largest absolute Gasteiger partial charge is 0.480 e. The topological polar surface area (TPSA) is 109 Å². The lowest BCUT2D eigenvalue weighted by Gasteiger charge is -2.11. The highest BCUT2D eigenvalue weighted by Crippen LogP contribution is 2.10. The Morgan fingerprint density at radius 3 is 2.62 bits per heavy atom. The Kier molecular flexibility index (Phi) is 3.53. The van der Waals surface area contributed by atoms with E-state index in [0.717, 1.165) is 10.8 Å². The van der Waals surface area contributed by atoms with Gasteiger partial charge in [-0.2, -0.15) is 0 Å². The number of carbonyl (C=O) groups is 1. The highest BCUT2D eigenvalue weighted by molar-refractivity contribution is 7.90. The second-order valence-corrected chi connectivity index (χ2v) is 5.70. The van der Waals surface area contributed by atoms with Crippen molar-refractivity contribution in [1.82, 2.24) is 9.55 Å². The van der Waals surface area contributed by atoms with Crippen LogP contribution in [0.3, 0.4) is 0 Å². The second kappa shape index (κ2) is 4.52. The third-order valence-electron chi connectivity index (χ3n) is 2.06. The Morgan fingerprint density at radius 1 is 1.62 bits per heavy atom. The number of sulfone groups is 1. The molecule has 0 fully saturated rings. The molecular formula is C8H12N2O5S. The molecule has 0 saturated carbocycles. The van der Waals surface area contributed by atoms with Gasteiger partial charge >= 0.3 is 11.7 Å². The molecule has 90 valence electrons. The molecule has 0 aliphatic carbocycles. The Hall–Kier alpha value is -1.57. The minimum atomic E-state index is -3.25. The highest BCUT2D eigenvalue weighted by Gasteiger charge is 2.22. The first-order chi connectivity index (χ1) is 7.31. The first kappa shape index (κ1) is 12.5. The number of rotatable bonds is 5. The van der Waals surface area contributed by atoms with Crippen molar-refractivity contribution in [3.05, 3.63) is 22.9 Å². The number of aliphatic carboxylic acids is 1. The summed E-state index contributed by atoms with van der Waals surface area (Å²) in [6.45, 7) is 0. The fourth-order valence-electron chi connectivity index (χ4n) is 1.28. The van der Waals surface area contributed by atoms with Crippen molar-refractivity contribution in [3.8, 4) is 0 Å². The van der Waals surface area contributed by atoms with E-state index in [9.17, 15) is 18.0 Å². The van der Waals surface area contributed by atoms with Crippen molar-refractivity contribution in [2.75, 3.05) is 12.0 Å². The van der Waals surface area contributed by atoms with E-state index in [-0.39, 0.29) is 12.2 Å². The zero-order chi connectivity index (χ0) is 12.3. The number of carboxylic acid groups (broad SMARTS) is 1. The van der Waals surface area contributed by atoms with Crippen molar-refractivity contribution < 1.29 is 18.3 Å². The van der Waals surface area contributed by atoms with Crippen molar-refractivity contribution in [2.45, 2.75) is 12.5 Å². The van der Waals surface area contributed by atoms with E-state index in [1.54, 1.807) is 0 Å². The molecule has 0 aliphatic heterocycles. The summed E-state index contributed by atoms with van der Waals surface area (Å²) in [5.74, 6) is -1.51. The van der Waals surface area contributed by atoms with Crippen LogP contribution in [0.2, 0.25) is 0 Å². The molecule has 1 heterocycles. The lowest BCUT2D eigenvalue weighted by molar-refractivity contribution is -0.141. The fourth-order valence-corrected chi connectivity index (χ4v) is 1.94. The van der Waals surface area contributed by atoms with Gasteiger partial charge in [0.2, 0.25) is 0 Å². The number of H-pyrrole nitrogens is 1. The summed E-state index contributed by atoms with van der Waals surface area (Å²) in [6, 6.07) is -1.16. The quantitative estimate of drug-likeness (QED) is 0.711. The maximum Gasteiger partial charge on any atom is 0.326 e. The van der Waals surface area contributed by atoms with Crippen LogP contribution in [0.15, 0.2) is 17.2 Å². The minimum Gasteiger partial charge on any atom is -0.480 e. The zero-order valence-corrected chi connectivity index (χ0v) is 9.40. The summed E-state index contributed by atoms with van der Waals surface area (Å²) in [7, 11) is -3.25. The molecule has 1 aromatic rings. The summed E-state index contributed by atoms with van der Waals surface area (Å²) in [5.41, 5.74) is -0.569. The van der Waals surface area contributed by atoms with Crippen LogP contribution >= 0.6 is 0 Å². The Balaban J connectivity index is 2.90. The number of hydrogen-bond acceptors (Lipinski definition) is 4. The molecular weight excluding hydrogens is 236 g/mol. The van der Waals surface area contributed by atoms with Gasteiger partial charge in [0.05, 0.1) is 5.75 Å². The third-order valence-corrected chi connectivity index (χ3v) is 3.04. The number of aromatic amines is 1. The van der Waals surface area contributed by atoms with Crippen LogP contribution in [0, 0.1) is 0 Å². The molecule has 7 nitrogen and oxygen atoms in total. The number of nitrogens with one attached hydrogen (secondary N) is 1. The molecule has 1 aromatic heterocycles. The van der Waals surface area contributed by atoms with E-state index in [2.05, 4.69) is 4.98 Å². The van der Waals surface area contributed by atoms with E-state index in [1.807, 2.05) is 0 Å². The summed E-state index contributed by atoms with van der Waals surface area (Å²) in [4.78, 5) is 24.4. The van der Waals surface area contributed by atoms with E-state index in [0.29, 0.717) is 0 Å². The van der Waals surface area contributed by atoms with E-state index >= 15 is 0 Å². The van der Waals surface area contributed by atoms with Crippen molar-refractivity contribution in [3.63, 3.8) is 0 Å². The minimum absolute atomic E-state index is 0.133. The van der Waals surface area contributed by atoms with Gasteiger partial charge in [0.15, 0.2) is 0 Å². The van der Waals surface area contributed by atoms with Gasteiger partial charge in [-0.3, -0.25) is 4.57 Å². The number of carboxylic acids is 1. The molecule has 0 aromatic carbocycles. The van der Waals surface area contributed by atoms with Crippen molar-refractivity contribution in [1.29, 1.82) is 0 Å². The molecule has 0 saturated heterocycles. The van der Waals surface area contributed by atoms with Crippen molar-refractivity contribution >= 4 is 15.8 Å². The highest BCUT2D eigenvalue weighted by atomic mass is 32.2. The molecule has 1 atom stereocenters. The fraction of sp³-hybridized carbons (Fsp3) is 0.500. The molecule has 8 heteroatoms. The molecule has 0 aliphatic rings. The summed E-state index contributed by atoms with van der Waals surface area (Å²) < 4.78 is 22.8. The lowest BCUT2D eigenvalue weighted by atomic mass is 10.2. The van der Waals surface area contributed by atoms with E-state index in [4.69, 9.17) is 5.11 Å². The zero-order valence-electron chi connectivity index (χ0n) is 8.58. The van der Waals surface area contributed by atoms with Crippen LogP contribution in [0.1, 0.15) is 12.5 Å². The van der Waals surface area contributed by atoms with Crippen molar-refractivity contribution in [2.24, 2.45) is 0 Å². The van der Waals surface area contributed by atoms with Crippen LogP contribution in [0.5, 0.6) is 0 Å². The van der Waals surface area contributed by atoms with Gasteiger partial charge in [-0.1, -0.05) is 0 Å². The number of imidazole rings is 1. The monoisotopic (exact) mass is 248 g/mol. The van der Waals surface area contributed by atoms with Gasteiger partial charge in [0.1, 0.15) is 15.9 Å². The Bertz CT molecular complexity index is 527. The van der Waals surface area contributed by atoms with Crippen LogP contribution < -0.4 is 5.69 Å². The number of aromatic nitrogens is 2. The summed E-state index contributed by atoms with van der Waals surface area (Å²) in [5, 5.41) is 8.90. The number of hydrogen-bond donors (Lipinski definition) is 2. The molecule has 0 spiro atoms. The lowest BCUT2D eigenvalue weighted by Crippen LogP contribution is -2.29. The Morgan fingerprint density at radius 2 is 2.25 bits per heavy atom. The van der Waals surface area contributed by atoms with Gasteiger partial charge in [-0.25, -0.2) is 18.0 Å². The maximum absolute atomic E-state index is 11.2. The van der Waals surface area contributed by atoms with E-state index < -0.39 is 27.5 Å². The predicted octanol–water partition coefficient (Wildman–Crippen LogP) is -0.763. The average Bonchev–Trinajstić information content (AvgIpc) is 2.50. The molecule has 0 radical (unpaired) electrons. The molecule has 1 unspecified atom stereocenters. The molecule has 0 bridgehead atoms. The van der Waals surface area contributed by atoms with Crippen LogP contribution in [0.4, 0.5) is 0 Å². The van der Waals surface area contributed by atoms with Gasteiger partial charge < -0.3 is 10.1 Å². The van der Waals surface area contributed by atoms with Crippen LogP contribution in [-0.2, 0) is 14.6 Å². The average molecular weight is 248 g/mol.